The van der Waals surface area contributed by atoms with Gasteiger partial charge in [0.15, 0.2) is 0 Å². The minimum Gasteiger partial charge on any atom is -0.485 e. The van der Waals surface area contributed by atoms with Crippen LogP contribution in [0.5, 0.6) is 5.75 Å². The average molecular weight is 440 g/mol. The Bertz CT molecular complexity index is 1020. The van der Waals surface area contributed by atoms with Gasteiger partial charge in [-0.15, -0.1) is 23.1 Å². The number of carbonyl (C=O) groups is 2. The third kappa shape index (κ3) is 4.66. The number of para-hydroxylation sites is 2. The van der Waals surface area contributed by atoms with Gasteiger partial charge in [-0.1, -0.05) is 12.1 Å². The molecule has 1 unspecified atom stereocenters. The smallest absolute Gasteiger partial charge is 0.229 e. The molecular weight excluding hydrogens is 418 g/mol. The molecule has 0 bridgehead atoms. The summed E-state index contributed by atoms with van der Waals surface area (Å²) in [7, 11) is 0. The van der Waals surface area contributed by atoms with Crippen LogP contribution in [0, 0.1) is 5.92 Å². The molecular formula is C22H21N3O3S2. The number of nitrogens with zero attached hydrogens (tertiary/aromatic N) is 2. The maximum absolute atomic E-state index is 12.9. The fraction of sp³-hybridized carbons (Fsp3) is 0.227. The van der Waals surface area contributed by atoms with Gasteiger partial charge in [0.05, 0.1) is 22.8 Å². The molecule has 1 atom stereocenters. The number of nitrogens with one attached hydrogen (secondary N) is 1. The SMILES string of the molecule is CSc1ccc(N2CC(C(=O)Nc3ccccc3OCc3cscn3)CC2=O)cc1. The summed E-state index contributed by atoms with van der Waals surface area (Å²) in [6.45, 7) is 0.698. The van der Waals surface area contributed by atoms with Crippen molar-refractivity contribution in [2.45, 2.75) is 17.9 Å². The lowest BCUT2D eigenvalue weighted by Gasteiger charge is -2.17. The van der Waals surface area contributed by atoms with E-state index in [1.165, 1.54) is 11.3 Å². The van der Waals surface area contributed by atoms with Gasteiger partial charge in [0.1, 0.15) is 12.4 Å². The molecule has 3 aromatic rings. The first-order valence-electron chi connectivity index (χ1n) is 9.48. The van der Waals surface area contributed by atoms with Gasteiger partial charge in [0.25, 0.3) is 0 Å². The van der Waals surface area contributed by atoms with Gasteiger partial charge in [-0.25, -0.2) is 4.98 Å². The van der Waals surface area contributed by atoms with Gasteiger partial charge in [-0.3, -0.25) is 9.59 Å². The van der Waals surface area contributed by atoms with Crippen molar-refractivity contribution in [3.8, 4) is 5.75 Å². The molecule has 2 aromatic carbocycles. The standard InChI is InChI=1S/C22H21N3O3S2/c1-29-18-8-6-17(7-9-18)25-11-15(10-21(25)26)22(27)24-19-4-2-3-5-20(19)28-12-16-13-30-14-23-16/h2-9,13-15H,10-12H2,1H3,(H,24,27). The van der Waals surface area contributed by atoms with E-state index in [1.54, 1.807) is 34.3 Å². The van der Waals surface area contributed by atoms with Crippen LogP contribution in [0.15, 0.2) is 64.3 Å². The van der Waals surface area contributed by atoms with Crippen molar-refractivity contribution >= 4 is 46.3 Å². The number of hydrogen-bond acceptors (Lipinski definition) is 6. The molecule has 8 heteroatoms. The molecule has 0 aliphatic carbocycles. The minimum absolute atomic E-state index is 0.0416. The zero-order chi connectivity index (χ0) is 20.9. The summed E-state index contributed by atoms with van der Waals surface area (Å²) in [5.41, 5.74) is 4.00. The Hall–Kier alpha value is -2.84. The average Bonchev–Trinajstić information content (AvgIpc) is 3.43. The summed E-state index contributed by atoms with van der Waals surface area (Å²) >= 11 is 3.16. The van der Waals surface area contributed by atoms with Crippen LogP contribution in [-0.4, -0.2) is 29.6 Å². The van der Waals surface area contributed by atoms with E-state index in [2.05, 4.69) is 10.3 Å². The van der Waals surface area contributed by atoms with E-state index in [9.17, 15) is 9.59 Å². The zero-order valence-corrected chi connectivity index (χ0v) is 18.0. The van der Waals surface area contributed by atoms with E-state index in [0.717, 1.165) is 16.3 Å². The van der Waals surface area contributed by atoms with Crippen LogP contribution in [0.25, 0.3) is 0 Å². The van der Waals surface area contributed by atoms with E-state index in [-0.39, 0.29) is 18.2 Å². The van der Waals surface area contributed by atoms with Gasteiger partial charge in [-0.05, 0) is 42.7 Å². The van der Waals surface area contributed by atoms with Gasteiger partial charge < -0.3 is 15.0 Å². The van der Waals surface area contributed by atoms with Crippen molar-refractivity contribution in [1.82, 2.24) is 4.98 Å². The lowest BCUT2D eigenvalue weighted by atomic mass is 10.1. The van der Waals surface area contributed by atoms with Gasteiger partial charge in [0.2, 0.25) is 11.8 Å². The molecule has 30 heavy (non-hydrogen) atoms. The summed E-state index contributed by atoms with van der Waals surface area (Å²) in [5, 5.41) is 4.85. The highest BCUT2D eigenvalue weighted by molar-refractivity contribution is 7.98. The molecule has 1 aliphatic heterocycles. The number of amides is 2. The van der Waals surface area contributed by atoms with Crippen LogP contribution in [0.1, 0.15) is 12.1 Å². The van der Waals surface area contributed by atoms with Crippen LogP contribution in [0.4, 0.5) is 11.4 Å². The summed E-state index contributed by atoms with van der Waals surface area (Å²) in [4.78, 5) is 32.4. The summed E-state index contributed by atoms with van der Waals surface area (Å²) in [5.74, 6) is -0.0616. The van der Waals surface area contributed by atoms with Crippen LogP contribution in [-0.2, 0) is 16.2 Å². The lowest BCUT2D eigenvalue weighted by Crippen LogP contribution is -2.28. The van der Waals surface area contributed by atoms with E-state index >= 15 is 0 Å². The number of carbonyl (C=O) groups excluding carboxylic acids is 2. The Kier molecular flexibility index (Phi) is 6.35. The molecule has 1 aliphatic rings. The number of hydrogen-bond donors (Lipinski definition) is 1. The minimum atomic E-state index is -0.413. The van der Waals surface area contributed by atoms with Crippen molar-refractivity contribution in [3.63, 3.8) is 0 Å². The highest BCUT2D eigenvalue weighted by Gasteiger charge is 2.35. The number of thioether (sulfide) groups is 1. The summed E-state index contributed by atoms with van der Waals surface area (Å²) < 4.78 is 5.83. The van der Waals surface area contributed by atoms with E-state index in [0.29, 0.717) is 24.6 Å². The number of benzene rings is 2. The molecule has 4 rings (SSSR count). The van der Waals surface area contributed by atoms with Crippen molar-refractivity contribution < 1.29 is 14.3 Å². The first kappa shape index (κ1) is 20.4. The fourth-order valence-electron chi connectivity index (χ4n) is 3.29. The molecule has 2 amide bonds. The predicted molar refractivity (Wildman–Crippen MR) is 120 cm³/mol. The zero-order valence-electron chi connectivity index (χ0n) is 16.4. The van der Waals surface area contributed by atoms with E-state index < -0.39 is 5.92 Å². The quantitative estimate of drug-likeness (QED) is 0.551. The van der Waals surface area contributed by atoms with Crippen molar-refractivity contribution in [3.05, 3.63) is 65.1 Å². The summed E-state index contributed by atoms with van der Waals surface area (Å²) in [6.07, 6.45) is 2.20. The van der Waals surface area contributed by atoms with Gasteiger partial charge in [-0.2, -0.15) is 0 Å². The molecule has 2 heterocycles. The van der Waals surface area contributed by atoms with E-state index in [1.807, 2.05) is 48.0 Å². The molecule has 1 aromatic heterocycles. The third-order valence-corrected chi connectivity index (χ3v) is 6.26. The Morgan fingerprint density at radius 2 is 2.07 bits per heavy atom. The molecule has 6 nitrogen and oxygen atoms in total. The fourth-order valence-corrected chi connectivity index (χ4v) is 4.24. The van der Waals surface area contributed by atoms with Crippen LogP contribution in [0.3, 0.4) is 0 Å². The van der Waals surface area contributed by atoms with Crippen LogP contribution in [0.2, 0.25) is 0 Å². The number of anilines is 2. The molecule has 1 N–H and O–H groups in total. The second-order valence-corrected chi connectivity index (χ2v) is 8.46. The first-order chi connectivity index (χ1) is 14.6. The molecule has 1 saturated heterocycles. The molecule has 1 fully saturated rings. The van der Waals surface area contributed by atoms with Gasteiger partial charge in [0, 0.05) is 28.9 Å². The van der Waals surface area contributed by atoms with Crippen molar-refractivity contribution in [2.24, 2.45) is 5.92 Å². The highest BCUT2D eigenvalue weighted by atomic mass is 32.2. The Morgan fingerprint density at radius 1 is 1.27 bits per heavy atom. The topological polar surface area (TPSA) is 71.5 Å². The second-order valence-electron chi connectivity index (χ2n) is 6.86. The molecule has 0 radical (unpaired) electrons. The van der Waals surface area contributed by atoms with Gasteiger partial charge >= 0.3 is 0 Å². The number of ether oxygens (including phenoxy) is 1. The normalized spacial score (nSPS) is 16.0. The first-order valence-corrected chi connectivity index (χ1v) is 11.6. The largest absolute Gasteiger partial charge is 0.485 e. The monoisotopic (exact) mass is 439 g/mol. The second kappa shape index (κ2) is 9.32. The number of thiazole rings is 1. The van der Waals surface area contributed by atoms with Crippen LogP contribution >= 0.6 is 23.1 Å². The summed E-state index contributed by atoms with van der Waals surface area (Å²) in [6, 6.07) is 15.1. The third-order valence-electron chi connectivity index (χ3n) is 4.88. The van der Waals surface area contributed by atoms with Crippen molar-refractivity contribution in [2.75, 3.05) is 23.0 Å². The predicted octanol–water partition coefficient (Wildman–Crippen LogP) is 4.44. The molecule has 154 valence electrons. The number of rotatable bonds is 7. The van der Waals surface area contributed by atoms with E-state index in [4.69, 9.17) is 4.74 Å². The maximum atomic E-state index is 12.9. The molecule has 0 saturated carbocycles. The lowest BCUT2D eigenvalue weighted by molar-refractivity contribution is -0.122. The Balaban J connectivity index is 1.41. The highest BCUT2D eigenvalue weighted by Crippen LogP contribution is 2.30. The number of aromatic nitrogens is 1. The Morgan fingerprint density at radius 3 is 2.80 bits per heavy atom. The van der Waals surface area contributed by atoms with Crippen molar-refractivity contribution in [1.29, 1.82) is 0 Å². The van der Waals surface area contributed by atoms with Crippen LogP contribution < -0.4 is 15.0 Å². The molecule has 0 spiro atoms. The maximum Gasteiger partial charge on any atom is 0.229 e. The Labute approximate surface area is 183 Å².